The van der Waals surface area contributed by atoms with Gasteiger partial charge in [-0.1, -0.05) is 42.5 Å². The minimum atomic E-state index is -0.265. The third-order valence-corrected chi connectivity index (χ3v) is 6.11. The second-order valence-corrected chi connectivity index (χ2v) is 8.64. The zero-order valence-electron chi connectivity index (χ0n) is 19.6. The van der Waals surface area contributed by atoms with Gasteiger partial charge in [-0.3, -0.25) is 0 Å². The number of nitrogens with zero attached hydrogens (tertiary/aromatic N) is 3. The molecule has 1 atom stereocenters. The molecule has 1 aliphatic rings. The number of halogens is 1. The van der Waals surface area contributed by atoms with Crippen molar-refractivity contribution in [2.75, 3.05) is 11.9 Å². The molecule has 3 aromatic carbocycles. The molecule has 0 aliphatic carbocycles. The van der Waals surface area contributed by atoms with Gasteiger partial charge in [0.1, 0.15) is 11.7 Å². The Bertz CT molecular complexity index is 1150. The lowest BCUT2D eigenvalue weighted by molar-refractivity contribution is 0.256. The maximum atomic E-state index is 13.5. The summed E-state index contributed by atoms with van der Waals surface area (Å²) < 4.78 is 13.5. The molecule has 1 fully saturated rings. The monoisotopic (exact) mass is 442 g/mol. The van der Waals surface area contributed by atoms with E-state index in [2.05, 4.69) is 49.2 Å². The molecule has 170 valence electrons. The van der Waals surface area contributed by atoms with Crippen molar-refractivity contribution in [3.8, 4) is 0 Å². The van der Waals surface area contributed by atoms with Crippen molar-refractivity contribution in [3.63, 3.8) is 0 Å². The van der Waals surface area contributed by atoms with Crippen LogP contribution in [0.1, 0.15) is 42.9 Å². The molecule has 1 unspecified atom stereocenters. The third-order valence-electron chi connectivity index (χ3n) is 6.11. The number of likely N-dealkylation sites (tertiary alicyclic amines) is 1. The number of hydrogen-bond acceptors (Lipinski definition) is 1. The average Bonchev–Trinajstić information content (AvgIpc) is 2.81. The van der Waals surface area contributed by atoms with Crippen LogP contribution in [-0.4, -0.2) is 29.3 Å². The van der Waals surface area contributed by atoms with E-state index in [0.717, 1.165) is 47.5 Å². The Kier molecular flexibility index (Phi) is 7.18. The number of para-hydroxylation sites is 1. The van der Waals surface area contributed by atoms with E-state index in [4.69, 9.17) is 9.98 Å². The normalized spacial score (nSPS) is 17.2. The van der Waals surface area contributed by atoms with E-state index in [0.29, 0.717) is 17.8 Å². The molecule has 4 rings (SSSR count). The molecule has 1 saturated heterocycles. The molecule has 1 aliphatic heterocycles. The molecular weight excluding hydrogens is 411 g/mol. The molecule has 1 N–H and O–H groups in total. The molecule has 4 nitrogen and oxygen atoms in total. The fraction of sp³-hybridized carbons (Fsp3) is 0.286. The van der Waals surface area contributed by atoms with E-state index in [9.17, 15) is 4.39 Å². The van der Waals surface area contributed by atoms with Gasteiger partial charge in [0.05, 0.1) is 5.69 Å². The van der Waals surface area contributed by atoms with Gasteiger partial charge < -0.3 is 10.2 Å². The number of aryl methyl sites for hydroxylation is 2. The van der Waals surface area contributed by atoms with Crippen molar-refractivity contribution in [1.29, 1.82) is 0 Å². The molecule has 3 aromatic rings. The van der Waals surface area contributed by atoms with Crippen LogP contribution in [0, 0.1) is 19.7 Å². The highest BCUT2D eigenvalue weighted by atomic mass is 19.1. The first-order chi connectivity index (χ1) is 16.0. The minimum Gasteiger partial charge on any atom is -0.340 e. The number of amidine groups is 1. The zero-order valence-corrected chi connectivity index (χ0v) is 19.6. The van der Waals surface area contributed by atoms with E-state index in [1.807, 2.05) is 30.3 Å². The van der Waals surface area contributed by atoms with Crippen molar-refractivity contribution in [1.82, 2.24) is 4.90 Å². The smallest absolute Gasteiger partial charge is 0.228 e. The number of nitrogens with one attached hydrogen (secondary N) is 1. The first-order valence-electron chi connectivity index (χ1n) is 11.6. The first-order valence-corrected chi connectivity index (χ1v) is 11.6. The molecule has 0 bridgehead atoms. The van der Waals surface area contributed by atoms with Crippen LogP contribution in [0.4, 0.5) is 15.8 Å². The van der Waals surface area contributed by atoms with Crippen LogP contribution < -0.4 is 5.32 Å². The summed E-state index contributed by atoms with van der Waals surface area (Å²) in [6.07, 6.45) is 3.46. The van der Waals surface area contributed by atoms with Crippen LogP contribution in [0.25, 0.3) is 0 Å². The minimum absolute atomic E-state index is 0.265. The standard InChI is InChI=1S/C28H31FN4/c1-20-10-4-6-13-25(20)27(30-24-17-15-23(29)16-18-24)32-28(33-19-9-8-12-22(33)3)31-26-14-7-5-11-21(26)2/h4-7,10-11,13-18,22H,8-9,12,19H2,1-3H3,(H,30,31,32). The number of anilines is 1. The summed E-state index contributed by atoms with van der Waals surface area (Å²) in [4.78, 5) is 12.5. The fourth-order valence-electron chi connectivity index (χ4n) is 4.11. The highest BCUT2D eigenvalue weighted by Gasteiger charge is 2.23. The lowest BCUT2D eigenvalue weighted by atomic mass is 10.0. The fourth-order valence-corrected chi connectivity index (χ4v) is 4.11. The van der Waals surface area contributed by atoms with Gasteiger partial charge in [-0.2, -0.15) is 4.99 Å². The van der Waals surface area contributed by atoms with E-state index >= 15 is 0 Å². The van der Waals surface area contributed by atoms with Gasteiger partial charge in [0, 0.05) is 23.8 Å². The molecule has 5 heteroatoms. The largest absolute Gasteiger partial charge is 0.340 e. The Morgan fingerprint density at radius 3 is 2.30 bits per heavy atom. The molecule has 0 amide bonds. The van der Waals surface area contributed by atoms with Crippen LogP contribution in [0.5, 0.6) is 0 Å². The zero-order chi connectivity index (χ0) is 23.2. The molecule has 0 spiro atoms. The van der Waals surface area contributed by atoms with Gasteiger partial charge in [0.15, 0.2) is 0 Å². The summed E-state index contributed by atoms with van der Waals surface area (Å²) in [6.45, 7) is 7.30. The van der Waals surface area contributed by atoms with Crippen molar-refractivity contribution >= 4 is 23.2 Å². The second kappa shape index (κ2) is 10.4. The summed E-state index contributed by atoms with van der Waals surface area (Å²) >= 11 is 0. The lowest BCUT2D eigenvalue weighted by Crippen LogP contribution is -2.42. The summed E-state index contributed by atoms with van der Waals surface area (Å²) in [5.74, 6) is 1.13. The van der Waals surface area contributed by atoms with Crippen molar-refractivity contribution in [2.45, 2.75) is 46.1 Å². The SMILES string of the molecule is Cc1ccccc1N=C(/N=C(\Nc1ccc(F)cc1)c1ccccc1C)N1CCCCC1C. The van der Waals surface area contributed by atoms with Crippen LogP contribution in [0.15, 0.2) is 82.8 Å². The van der Waals surface area contributed by atoms with Crippen LogP contribution in [-0.2, 0) is 0 Å². The van der Waals surface area contributed by atoms with E-state index in [-0.39, 0.29) is 5.82 Å². The predicted molar refractivity (Wildman–Crippen MR) is 136 cm³/mol. The maximum Gasteiger partial charge on any atom is 0.228 e. The van der Waals surface area contributed by atoms with Crippen molar-refractivity contribution < 1.29 is 4.39 Å². The van der Waals surface area contributed by atoms with Crippen LogP contribution in [0.2, 0.25) is 0 Å². The molecule has 33 heavy (non-hydrogen) atoms. The number of aliphatic imine (C=N–C) groups is 2. The van der Waals surface area contributed by atoms with E-state index in [1.54, 1.807) is 12.1 Å². The number of rotatable bonds is 3. The van der Waals surface area contributed by atoms with Gasteiger partial charge in [0.2, 0.25) is 5.96 Å². The molecule has 1 heterocycles. The number of guanidine groups is 1. The quantitative estimate of drug-likeness (QED) is 0.355. The topological polar surface area (TPSA) is 40.0 Å². The van der Waals surface area contributed by atoms with Crippen molar-refractivity contribution in [3.05, 3.63) is 95.3 Å². The maximum absolute atomic E-state index is 13.5. The molecule has 0 saturated carbocycles. The third kappa shape index (κ3) is 5.67. The summed E-state index contributed by atoms with van der Waals surface area (Å²) in [5.41, 5.74) is 4.90. The van der Waals surface area contributed by atoms with Crippen molar-refractivity contribution in [2.24, 2.45) is 9.98 Å². The Morgan fingerprint density at radius 1 is 0.909 bits per heavy atom. The summed E-state index contributed by atoms with van der Waals surface area (Å²) in [6, 6.07) is 23.0. The van der Waals surface area contributed by atoms with Crippen LogP contribution >= 0.6 is 0 Å². The summed E-state index contributed by atoms with van der Waals surface area (Å²) in [5, 5.41) is 3.42. The molecule has 0 aromatic heterocycles. The van der Waals surface area contributed by atoms with Gasteiger partial charge in [0.25, 0.3) is 0 Å². The Hall–Kier alpha value is -3.47. The Labute approximate surface area is 195 Å². The van der Waals surface area contributed by atoms with Gasteiger partial charge in [-0.05, 0) is 81.5 Å². The van der Waals surface area contributed by atoms with E-state index < -0.39 is 0 Å². The lowest BCUT2D eigenvalue weighted by Gasteiger charge is -2.34. The Balaban J connectivity index is 1.84. The highest BCUT2D eigenvalue weighted by Crippen LogP contribution is 2.23. The highest BCUT2D eigenvalue weighted by molar-refractivity contribution is 6.14. The molecular formula is C28H31FN4. The van der Waals surface area contributed by atoms with Gasteiger partial charge in [-0.15, -0.1) is 0 Å². The number of hydrogen-bond donors (Lipinski definition) is 1. The second-order valence-electron chi connectivity index (χ2n) is 8.64. The predicted octanol–water partition coefficient (Wildman–Crippen LogP) is 6.86. The molecule has 0 radical (unpaired) electrons. The Morgan fingerprint density at radius 2 is 1.61 bits per heavy atom. The van der Waals surface area contributed by atoms with Gasteiger partial charge in [-0.25, -0.2) is 9.38 Å². The number of piperidine rings is 1. The van der Waals surface area contributed by atoms with E-state index in [1.165, 1.54) is 18.6 Å². The average molecular weight is 443 g/mol. The number of benzene rings is 3. The van der Waals surface area contributed by atoms with Crippen LogP contribution in [0.3, 0.4) is 0 Å². The first kappa shape index (κ1) is 22.7. The summed E-state index contributed by atoms with van der Waals surface area (Å²) in [7, 11) is 0. The van der Waals surface area contributed by atoms with Gasteiger partial charge >= 0.3 is 0 Å².